The number of alkyl halides is 1. The fourth-order valence-corrected chi connectivity index (χ4v) is 1.85. The first-order valence-corrected chi connectivity index (χ1v) is 4.26. The van der Waals surface area contributed by atoms with E-state index < -0.39 is 0 Å². The van der Waals surface area contributed by atoms with Crippen LogP contribution in [-0.2, 0) is 0 Å². The zero-order valence-corrected chi connectivity index (χ0v) is 7.13. The molecule has 0 aliphatic rings. The zero-order chi connectivity index (χ0) is 4.99. The van der Waals surface area contributed by atoms with Gasteiger partial charge in [0.05, 0.1) is 0 Å². The Kier molecular flexibility index (Phi) is 4.00. The summed E-state index contributed by atoms with van der Waals surface area (Å²) in [5.41, 5.74) is 0. The van der Waals surface area contributed by atoms with Crippen LogP contribution in [0.15, 0.2) is 0 Å². The second-order valence-electron chi connectivity index (χ2n) is 1.57. The van der Waals surface area contributed by atoms with Crippen molar-refractivity contribution < 1.29 is 0 Å². The summed E-state index contributed by atoms with van der Waals surface area (Å²) in [4.78, 5) is 0. The van der Waals surface area contributed by atoms with Gasteiger partial charge in [-0.15, -0.1) is 11.6 Å². The van der Waals surface area contributed by atoms with Crippen molar-refractivity contribution in [2.45, 2.75) is 24.8 Å². The van der Waals surface area contributed by atoms with Crippen LogP contribution in [0.3, 0.4) is 0 Å². The minimum Gasteiger partial charge on any atom is -0.123 e. The zero-order valence-electron chi connectivity index (χ0n) is 4.37. The number of halogens is 1. The molecule has 1 unspecified atom stereocenters. The lowest BCUT2D eigenvalue weighted by Gasteiger charge is -1.93. The summed E-state index contributed by atoms with van der Waals surface area (Å²) in [6.07, 6.45) is 1.20. The van der Waals surface area contributed by atoms with Crippen LogP contribution in [0.5, 0.6) is 0 Å². The van der Waals surface area contributed by atoms with E-state index in [0.29, 0.717) is 5.38 Å². The van der Waals surface area contributed by atoms with Crippen molar-refractivity contribution in [2.75, 3.05) is 0 Å². The quantitative estimate of drug-likeness (QED) is 0.375. The van der Waals surface area contributed by atoms with Gasteiger partial charge in [-0.3, -0.25) is 0 Å². The van der Waals surface area contributed by atoms with E-state index in [-0.39, 0.29) is 0 Å². The highest BCUT2D eigenvalue weighted by Crippen LogP contribution is 2.00. The first kappa shape index (κ1) is 6.51. The van der Waals surface area contributed by atoms with Crippen LogP contribution in [0.2, 0.25) is 6.04 Å². The first-order valence-electron chi connectivity index (χ1n) is 2.41. The molecule has 0 heterocycles. The summed E-state index contributed by atoms with van der Waals surface area (Å²) in [6, 6.07) is 1.34. The molecule has 0 fully saturated rings. The predicted octanol–water partition coefficient (Wildman–Crippen LogP) is 0.787. The van der Waals surface area contributed by atoms with E-state index in [0.717, 1.165) is 0 Å². The van der Waals surface area contributed by atoms with E-state index in [1.54, 1.807) is 0 Å². The molecule has 0 aliphatic carbocycles. The third-order valence-corrected chi connectivity index (χ3v) is 1.48. The highest BCUT2D eigenvalue weighted by atomic mass is 35.5. The minimum atomic E-state index is 0.405. The molecule has 0 bridgehead atoms. The molecule has 0 aliphatic heterocycles. The topological polar surface area (TPSA) is 0 Å². The Morgan fingerprint density at radius 1 is 1.83 bits per heavy atom. The van der Waals surface area contributed by atoms with Gasteiger partial charge in [-0.25, -0.2) is 0 Å². The fraction of sp³-hybridized carbons (Fsp3) is 1.00. The maximum absolute atomic E-state index is 5.60. The van der Waals surface area contributed by atoms with E-state index in [1.807, 2.05) is 6.92 Å². The third kappa shape index (κ3) is 4.51. The smallest absolute Gasteiger partial charge is 0.0304 e. The first-order chi connectivity index (χ1) is 2.77. The standard InChI is InChI=1S/C4H11ClSi/c1-4(5)2-3-6/h4H,2-3H2,1,6H3. The SMILES string of the molecule is CC(Cl)CC[SiH3]. The molecule has 0 amide bonds. The van der Waals surface area contributed by atoms with Gasteiger partial charge >= 0.3 is 0 Å². The lowest BCUT2D eigenvalue weighted by Crippen LogP contribution is -1.86. The van der Waals surface area contributed by atoms with Gasteiger partial charge in [0, 0.05) is 15.6 Å². The second kappa shape index (κ2) is 3.69. The van der Waals surface area contributed by atoms with E-state index >= 15 is 0 Å². The van der Waals surface area contributed by atoms with Gasteiger partial charge in [0.15, 0.2) is 0 Å². The van der Waals surface area contributed by atoms with Crippen LogP contribution in [-0.4, -0.2) is 15.6 Å². The molecular formula is C4H11ClSi. The Labute approximate surface area is 47.3 Å². The van der Waals surface area contributed by atoms with E-state index in [1.165, 1.54) is 22.7 Å². The monoisotopic (exact) mass is 122 g/mol. The van der Waals surface area contributed by atoms with E-state index in [9.17, 15) is 0 Å². The maximum atomic E-state index is 5.60. The van der Waals surface area contributed by atoms with Crippen molar-refractivity contribution in [3.05, 3.63) is 0 Å². The molecule has 0 saturated carbocycles. The van der Waals surface area contributed by atoms with Gasteiger partial charge in [-0.1, -0.05) is 6.04 Å². The molecule has 38 valence electrons. The molecule has 0 rings (SSSR count). The van der Waals surface area contributed by atoms with Crippen molar-refractivity contribution >= 4 is 21.8 Å². The number of rotatable bonds is 2. The van der Waals surface area contributed by atoms with Gasteiger partial charge in [-0.05, 0) is 13.3 Å². The number of hydrogen-bond donors (Lipinski definition) is 0. The minimum absolute atomic E-state index is 0.405. The van der Waals surface area contributed by atoms with Crippen LogP contribution < -0.4 is 0 Å². The molecule has 0 radical (unpaired) electrons. The van der Waals surface area contributed by atoms with Crippen LogP contribution in [0.1, 0.15) is 13.3 Å². The summed E-state index contributed by atoms with van der Waals surface area (Å²) in [7, 11) is 1.30. The molecule has 1 atom stereocenters. The lowest BCUT2D eigenvalue weighted by molar-refractivity contribution is 0.893. The second-order valence-corrected chi connectivity index (χ2v) is 3.31. The van der Waals surface area contributed by atoms with Crippen molar-refractivity contribution in [1.29, 1.82) is 0 Å². The molecule has 0 nitrogen and oxygen atoms in total. The summed E-state index contributed by atoms with van der Waals surface area (Å²) in [5.74, 6) is 0. The Balaban J connectivity index is 2.63. The average Bonchev–Trinajstić information content (AvgIpc) is 1.35. The van der Waals surface area contributed by atoms with Crippen molar-refractivity contribution in [1.82, 2.24) is 0 Å². The summed E-state index contributed by atoms with van der Waals surface area (Å²) in [5, 5.41) is 0.405. The molecule has 0 saturated heterocycles. The molecule has 2 heteroatoms. The fourth-order valence-electron chi connectivity index (χ4n) is 0.398. The summed E-state index contributed by atoms with van der Waals surface area (Å²) >= 11 is 5.60. The van der Waals surface area contributed by atoms with Gasteiger partial charge in [0.1, 0.15) is 0 Å². The van der Waals surface area contributed by atoms with Crippen LogP contribution in [0, 0.1) is 0 Å². The highest BCUT2D eigenvalue weighted by molar-refractivity contribution is 6.20. The Bertz CT molecular complexity index is 28.7. The average molecular weight is 123 g/mol. The van der Waals surface area contributed by atoms with Crippen LogP contribution >= 0.6 is 11.6 Å². The molecule has 0 spiro atoms. The van der Waals surface area contributed by atoms with Crippen LogP contribution in [0.25, 0.3) is 0 Å². The lowest BCUT2D eigenvalue weighted by atomic mass is 10.4. The Morgan fingerprint density at radius 3 is 2.33 bits per heavy atom. The molecule has 0 aromatic carbocycles. The van der Waals surface area contributed by atoms with Crippen molar-refractivity contribution in [2.24, 2.45) is 0 Å². The van der Waals surface area contributed by atoms with Gasteiger partial charge in [0.2, 0.25) is 0 Å². The van der Waals surface area contributed by atoms with Crippen molar-refractivity contribution in [3.8, 4) is 0 Å². The molecule has 6 heavy (non-hydrogen) atoms. The summed E-state index contributed by atoms with van der Waals surface area (Å²) < 4.78 is 0. The van der Waals surface area contributed by atoms with Gasteiger partial charge in [-0.2, -0.15) is 0 Å². The predicted molar refractivity (Wildman–Crippen MR) is 34.7 cm³/mol. The highest BCUT2D eigenvalue weighted by Gasteiger charge is 1.88. The van der Waals surface area contributed by atoms with Gasteiger partial charge < -0.3 is 0 Å². The summed E-state index contributed by atoms with van der Waals surface area (Å²) in [6.45, 7) is 2.04. The maximum Gasteiger partial charge on any atom is 0.0304 e. The Morgan fingerprint density at radius 2 is 2.33 bits per heavy atom. The van der Waals surface area contributed by atoms with Crippen molar-refractivity contribution in [3.63, 3.8) is 0 Å². The van der Waals surface area contributed by atoms with Crippen LogP contribution in [0.4, 0.5) is 0 Å². The number of hydrogen-bond acceptors (Lipinski definition) is 0. The van der Waals surface area contributed by atoms with E-state index in [4.69, 9.17) is 11.6 Å². The van der Waals surface area contributed by atoms with E-state index in [2.05, 4.69) is 0 Å². The molecule has 0 aromatic heterocycles. The Hall–Kier alpha value is 0.507. The third-order valence-electron chi connectivity index (χ3n) is 0.686. The molecular weight excluding hydrogens is 112 g/mol. The normalized spacial score (nSPS) is 15.0. The molecule has 0 N–H and O–H groups in total. The largest absolute Gasteiger partial charge is 0.123 e. The van der Waals surface area contributed by atoms with Gasteiger partial charge in [0.25, 0.3) is 0 Å². The molecule has 0 aromatic rings.